The largest absolute Gasteiger partial charge is 0.460 e. The predicted octanol–water partition coefficient (Wildman–Crippen LogP) is 6.87. The van der Waals surface area contributed by atoms with E-state index >= 15 is 0 Å². The van der Waals surface area contributed by atoms with Crippen molar-refractivity contribution >= 4 is 17.5 Å². The lowest BCUT2D eigenvalue weighted by Crippen LogP contribution is -2.28. The third-order valence-corrected chi connectivity index (χ3v) is 6.83. The molecule has 0 bridgehead atoms. The first-order valence-electron chi connectivity index (χ1n) is 14.0. The van der Waals surface area contributed by atoms with Gasteiger partial charge in [0.15, 0.2) is 0 Å². The molecule has 6 nitrogen and oxygen atoms in total. The van der Waals surface area contributed by atoms with Gasteiger partial charge >= 0.3 is 5.97 Å². The molecular weight excluding hydrogens is 472 g/mol. The van der Waals surface area contributed by atoms with Gasteiger partial charge in [0.2, 0.25) is 0 Å². The Morgan fingerprint density at radius 2 is 1.84 bits per heavy atom. The summed E-state index contributed by atoms with van der Waals surface area (Å²) in [6.45, 7) is 7.97. The van der Waals surface area contributed by atoms with E-state index in [1.807, 2.05) is 39.2 Å². The van der Waals surface area contributed by atoms with Crippen molar-refractivity contribution in [3.63, 3.8) is 0 Å². The van der Waals surface area contributed by atoms with Crippen LogP contribution in [0.5, 0.6) is 0 Å². The van der Waals surface area contributed by atoms with Crippen LogP contribution in [-0.4, -0.2) is 34.6 Å². The van der Waals surface area contributed by atoms with E-state index in [4.69, 9.17) is 4.74 Å². The molecule has 202 valence electrons. The lowest BCUT2D eigenvalue weighted by Gasteiger charge is -2.22. The van der Waals surface area contributed by atoms with Gasteiger partial charge in [0.1, 0.15) is 11.4 Å². The highest BCUT2D eigenvalue weighted by molar-refractivity contribution is 5.70. The number of nitrogens with one attached hydrogen (secondary N) is 2. The summed E-state index contributed by atoms with van der Waals surface area (Å²) >= 11 is 0. The van der Waals surface area contributed by atoms with Crippen molar-refractivity contribution in [2.75, 3.05) is 18.4 Å². The van der Waals surface area contributed by atoms with Gasteiger partial charge < -0.3 is 15.4 Å². The molecule has 0 radical (unpaired) electrons. The van der Waals surface area contributed by atoms with Crippen LogP contribution in [-0.2, 0) is 22.4 Å². The molecule has 0 amide bonds. The molecule has 38 heavy (non-hydrogen) atoms. The van der Waals surface area contributed by atoms with Crippen molar-refractivity contribution in [1.82, 2.24) is 15.3 Å². The maximum atomic E-state index is 11.8. The number of carbonyl (C=O) groups excluding carboxylic acids is 1. The minimum Gasteiger partial charge on any atom is -0.460 e. The number of hydrogen-bond donors (Lipinski definition) is 2. The second kappa shape index (κ2) is 13.5. The third-order valence-electron chi connectivity index (χ3n) is 6.83. The quantitative estimate of drug-likeness (QED) is 0.215. The van der Waals surface area contributed by atoms with Crippen molar-refractivity contribution in [3.05, 3.63) is 72.2 Å². The molecule has 1 aromatic carbocycles. The van der Waals surface area contributed by atoms with Crippen molar-refractivity contribution in [2.45, 2.75) is 77.7 Å². The molecule has 6 heteroatoms. The predicted molar refractivity (Wildman–Crippen MR) is 155 cm³/mol. The van der Waals surface area contributed by atoms with Crippen molar-refractivity contribution in [2.24, 2.45) is 5.92 Å². The maximum absolute atomic E-state index is 11.8. The molecule has 1 aliphatic heterocycles. The first-order chi connectivity index (χ1) is 18.3. The lowest BCUT2D eigenvalue weighted by molar-refractivity contribution is -0.154. The highest BCUT2D eigenvalue weighted by Gasteiger charge is 2.16. The number of hydrogen-bond acceptors (Lipinski definition) is 6. The van der Waals surface area contributed by atoms with Gasteiger partial charge in [0.25, 0.3) is 0 Å². The van der Waals surface area contributed by atoms with Gasteiger partial charge in [0, 0.05) is 35.8 Å². The number of esters is 1. The summed E-state index contributed by atoms with van der Waals surface area (Å²) in [5.74, 6) is 1.48. The molecule has 3 heterocycles. The van der Waals surface area contributed by atoms with Gasteiger partial charge in [-0.1, -0.05) is 24.6 Å². The van der Waals surface area contributed by atoms with E-state index in [0.717, 1.165) is 79.4 Å². The number of nitrogens with zero attached hydrogens (tertiary/aromatic N) is 2. The zero-order valence-electron chi connectivity index (χ0n) is 23.1. The zero-order chi connectivity index (χ0) is 26.8. The summed E-state index contributed by atoms with van der Waals surface area (Å²) in [5, 5.41) is 6.94. The highest BCUT2D eigenvalue weighted by Crippen LogP contribution is 2.25. The van der Waals surface area contributed by atoms with Gasteiger partial charge in [-0.15, -0.1) is 0 Å². The first kappa shape index (κ1) is 27.8. The summed E-state index contributed by atoms with van der Waals surface area (Å²) < 4.78 is 5.37. The van der Waals surface area contributed by atoms with E-state index in [9.17, 15) is 4.79 Å². The Labute approximate surface area is 227 Å². The Kier molecular flexibility index (Phi) is 9.88. The van der Waals surface area contributed by atoms with E-state index < -0.39 is 5.60 Å². The molecule has 0 saturated carbocycles. The van der Waals surface area contributed by atoms with Crippen molar-refractivity contribution in [3.8, 4) is 11.1 Å². The van der Waals surface area contributed by atoms with Crippen molar-refractivity contribution in [1.29, 1.82) is 0 Å². The summed E-state index contributed by atoms with van der Waals surface area (Å²) in [7, 11) is 0. The number of piperidine rings is 1. The number of unbranched alkanes of at least 4 members (excludes halogenated alkanes) is 2. The molecule has 2 N–H and O–H groups in total. The average Bonchev–Trinajstić information content (AvgIpc) is 2.89. The van der Waals surface area contributed by atoms with Gasteiger partial charge in [0.05, 0.1) is 0 Å². The second-order valence-electron chi connectivity index (χ2n) is 11.3. The Bertz CT molecular complexity index is 1160. The molecular formula is C32H42N4O2. The molecule has 0 aliphatic carbocycles. The third kappa shape index (κ3) is 9.25. The summed E-state index contributed by atoms with van der Waals surface area (Å²) in [6, 6.07) is 17.0. The standard InChI is InChI=1S/C32H42N4O2/c1-32(2,3)38-31(37)11-6-4-5-9-28-13-12-27(23-35-28)26-16-19-34-30(22-26)36-29-10-7-8-25(21-29)20-24-14-17-33-18-15-24/h7-8,10,12-13,16,19,21-24,33H,4-6,9,11,14-15,17-18,20H2,1-3H3,(H,34,36). The van der Waals surface area contributed by atoms with Gasteiger partial charge in [-0.3, -0.25) is 9.78 Å². The lowest BCUT2D eigenvalue weighted by atomic mass is 9.91. The number of aromatic nitrogens is 2. The highest BCUT2D eigenvalue weighted by atomic mass is 16.6. The molecule has 3 aromatic rings. The molecule has 0 unspecified atom stereocenters. The molecule has 2 aromatic heterocycles. The number of benzene rings is 1. The topological polar surface area (TPSA) is 76.1 Å². The van der Waals surface area contributed by atoms with E-state index in [1.165, 1.54) is 18.4 Å². The monoisotopic (exact) mass is 514 g/mol. The van der Waals surface area contributed by atoms with Crippen LogP contribution >= 0.6 is 0 Å². The molecule has 0 atom stereocenters. The Morgan fingerprint density at radius 1 is 1.00 bits per heavy atom. The first-order valence-corrected chi connectivity index (χ1v) is 14.0. The van der Waals surface area contributed by atoms with Crippen LogP contribution < -0.4 is 10.6 Å². The van der Waals surface area contributed by atoms with E-state index in [1.54, 1.807) is 0 Å². The van der Waals surface area contributed by atoms with E-state index in [-0.39, 0.29) is 5.97 Å². The smallest absolute Gasteiger partial charge is 0.306 e. The van der Waals surface area contributed by atoms with Gasteiger partial charge in [-0.2, -0.15) is 0 Å². The van der Waals surface area contributed by atoms with Crippen LogP contribution in [0.1, 0.15) is 70.6 Å². The fraction of sp³-hybridized carbons (Fsp3) is 0.469. The normalized spacial score (nSPS) is 14.3. The van der Waals surface area contributed by atoms with Crippen LogP contribution in [0.25, 0.3) is 11.1 Å². The van der Waals surface area contributed by atoms with Crippen LogP contribution in [0.15, 0.2) is 60.9 Å². The van der Waals surface area contributed by atoms with Crippen LogP contribution in [0, 0.1) is 5.92 Å². The summed E-state index contributed by atoms with van der Waals surface area (Å²) in [6.07, 6.45) is 11.6. The Hall–Kier alpha value is -3.25. The fourth-order valence-corrected chi connectivity index (χ4v) is 4.91. The number of pyridine rings is 2. The number of ether oxygens (including phenoxy) is 1. The minimum atomic E-state index is -0.411. The van der Waals surface area contributed by atoms with Crippen molar-refractivity contribution < 1.29 is 9.53 Å². The van der Waals surface area contributed by atoms with Crippen LogP contribution in [0.3, 0.4) is 0 Å². The number of aryl methyl sites for hydroxylation is 1. The number of carbonyl (C=O) groups is 1. The number of rotatable bonds is 11. The Balaban J connectivity index is 1.26. The Morgan fingerprint density at radius 3 is 2.61 bits per heavy atom. The molecule has 4 rings (SSSR count). The fourth-order valence-electron chi connectivity index (χ4n) is 4.91. The summed E-state index contributed by atoms with van der Waals surface area (Å²) in [5.41, 5.74) is 5.27. The molecule has 1 fully saturated rings. The SMILES string of the molecule is CC(C)(C)OC(=O)CCCCCc1ccc(-c2ccnc(Nc3cccc(CC4CCNCC4)c3)c2)cn1. The zero-order valence-corrected chi connectivity index (χ0v) is 23.1. The maximum Gasteiger partial charge on any atom is 0.306 e. The average molecular weight is 515 g/mol. The molecule has 1 aliphatic rings. The number of anilines is 2. The van der Waals surface area contributed by atoms with Crippen LogP contribution in [0.2, 0.25) is 0 Å². The molecule has 0 spiro atoms. The van der Waals surface area contributed by atoms with Crippen LogP contribution in [0.4, 0.5) is 11.5 Å². The van der Waals surface area contributed by atoms with Gasteiger partial charge in [-0.25, -0.2) is 4.98 Å². The molecule has 1 saturated heterocycles. The minimum absolute atomic E-state index is 0.115. The van der Waals surface area contributed by atoms with E-state index in [2.05, 4.69) is 63.1 Å². The second-order valence-corrected chi connectivity index (χ2v) is 11.3. The van der Waals surface area contributed by atoms with E-state index in [0.29, 0.717) is 6.42 Å². The van der Waals surface area contributed by atoms with Gasteiger partial charge in [-0.05, 0) is 120 Å². The summed E-state index contributed by atoms with van der Waals surface area (Å²) in [4.78, 5) is 21.1.